The van der Waals surface area contributed by atoms with Gasteiger partial charge in [-0.25, -0.2) is 0 Å². The highest BCUT2D eigenvalue weighted by Gasteiger charge is 2.34. The van der Waals surface area contributed by atoms with Gasteiger partial charge in [-0.05, 0) is 18.2 Å². The van der Waals surface area contributed by atoms with Crippen LogP contribution in [0.15, 0.2) is 18.2 Å². The SMILES string of the molecule is COC(OC)(OC)c1cc(Cl)ccc1Cl. The number of hydrogen-bond donors (Lipinski definition) is 0. The van der Waals surface area contributed by atoms with E-state index in [1.807, 2.05) is 0 Å². The molecule has 0 heterocycles. The van der Waals surface area contributed by atoms with Gasteiger partial charge in [-0.1, -0.05) is 23.2 Å². The first-order chi connectivity index (χ1) is 7.09. The molecule has 0 atom stereocenters. The van der Waals surface area contributed by atoms with Crippen LogP contribution in [0.4, 0.5) is 0 Å². The van der Waals surface area contributed by atoms with Gasteiger partial charge in [-0.2, -0.15) is 0 Å². The van der Waals surface area contributed by atoms with Gasteiger partial charge in [0.1, 0.15) is 0 Å². The highest BCUT2D eigenvalue weighted by Crippen LogP contribution is 2.34. The summed E-state index contributed by atoms with van der Waals surface area (Å²) >= 11 is 11.9. The maximum atomic E-state index is 6.02. The van der Waals surface area contributed by atoms with Gasteiger partial charge in [0.25, 0.3) is 0 Å². The van der Waals surface area contributed by atoms with E-state index >= 15 is 0 Å². The molecule has 0 radical (unpaired) electrons. The first kappa shape index (κ1) is 12.7. The molecule has 0 saturated heterocycles. The van der Waals surface area contributed by atoms with Gasteiger partial charge in [-0.3, -0.25) is 0 Å². The van der Waals surface area contributed by atoms with Crippen molar-refractivity contribution >= 4 is 23.2 Å². The molecule has 0 amide bonds. The van der Waals surface area contributed by atoms with E-state index < -0.39 is 5.97 Å². The van der Waals surface area contributed by atoms with Gasteiger partial charge in [0.15, 0.2) is 0 Å². The minimum atomic E-state index is -1.32. The molecule has 1 aromatic carbocycles. The number of ether oxygens (including phenoxy) is 3. The summed E-state index contributed by atoms with van der Waals surface area (Å²) in [5, 5.41) is 0.995. The van der Waals surface area contributed by atoms with E-state index in [9.17, 15) is 0 Å². The van der Waals surface area contributed by atoms with E-state index in [0.29, 0.717) is 15.6 Å². The van der Waals surface area contributed by atoms with Crippen molar-refractivity contribution < 1.29 is 14.2 Å². The molecule has 0 spiro atoms. The van der Waals surface area contributed by atoms with Crippen LogP contribution in [0.25, 0.3) is 0 Å². The highest BCUT2D eigenvalue weighted by atomic mass is 35.5. The number of rotatable bonds is 4. The maximum Gasteiger partial charge on any atom is 0.312 e. The molecule has 0 aliphatic heterocycles. The Kier molecular flexibility index (Phi) is 4.37. The Balaban J connectivity index is 3.27. The Morgan fingerprint density at radius 1 is 1.00 bits per heavy atom. The Bertz CT molecular complexity index is 329. The molecule has 1 rings (SSSR count). The summed E-state index contributed by atoms with van der Waals surface area (Å²) in [6, 6.07) is 4.98. The second kappa shape index (κ2) is 5.14. The van der Waals surface area contributed by atoms with Crippen LogP contribution in [-0.4, -0.2) is 21.3 Å². The predicted molar refractivity (Wildman–Crippen MR) is 59.2 cm³/mol. The zero-order valence-electron chi connectivity index (χ0n) is 8.71. The molecule has 0 fully saturated rings. The molecule has 0 N–H and O–H groups in total. The zero-order valence-corrected chi connectivity index (χ0v) is 10.2. The fourth-order valence-electron chi connectivity index (χ4n) is 1.31. The van der Waals surface area contributed by atoms with Crippen molar-refractivity contribution in [3.05, 3.63) is 33.8 Å². The molecular weight excluding hydrogens is 239 g/mol. The van der Waals surface area contributed by atoms with Gasteiger partial charge in [0.05, 0.1) is 10.6 Å². The summed E-state index contributed by atoms with van der Waals surface area (Å²) in [5.74, 6) is -1.32. The van der Waals surface area contributed by atoms with E-state index in [-0.39, 0.29) is 0 Å². The second-order valence-corrected chi connectivity index (χ2v) is 3.64. The van der Waals surface area contributed by atoms with E-state index in [1.54, 1.807) is 18.2 Å². The van der Waals surface area contributed by atoms with Crippen molar-refractivity contribution in [1.29, 1.82) is 0 Å². The van der Waals surface area contributed by atoms with Crippen LogP contribution in [0, 0.1) is 0 Å². The van der Waals surface area contributed by atoms with Crippen LogP contribution < -0.4 is 0 Å². The van der Waals surface area contributed by atoms with Gasteiger partial charge in [0, 0.05) is 26.4 Å². The van der Waals surface area contributed by atoms with Crippen LogP contribution in [0.1, 0.15) is 5.56 Å². The molecule has 0 saturated carbocycles. The molecule has 15 heavy (non-hydrogen) atoms. The Morgan fingerprint density at radius 2 is 1.53 bits per heavy atom. The Morgan fingerprint density at radius 3 is 2.00 bits per heavy atom. The van der Waals surface area contributed by atoms with Gasteiger partial charge < -0.3 is 14.2 Å². The molecule has 0 aliphatic rings. The summed E-state index contributed by atoms with van der Waals surface area (Å²) < 4.78 is 15.5. The van der Waals surface area contributed by atoms with E-state index in [2.05, 4.69) is 0 Å². The molecule has 0 bridgehead atoms. The van der Waals surface area contributed by atoms with Crippen LogP contribution in [0.3, 0.4) is 0 Å². The minimum absolute atomic E-state index is 0.463. The third kappa shape index (κ3) is 2.44. The first-order valence-corrected chi connectivity index (χ1v) is 4.96. The molecule has 84 valence electrons. The topological polar surface area (TPSA) is 27.7 Å². The van der Waals surface area contributed by atoms with Crippen molar-refractivity contribution in [3.63, 3.8) is 0 Å². The lowest BCUT2D eigenvalue weighted by molar-refractivity contribution is -0.364. The lowest BCUT2D eigenvalue weighted by Gasteiger charge is -2.29. The summed E-state index contributed by atoms with van der Waals surface area (Å²) in [5.41, 5.74) is 0.532. The van der Waals surface area contributed by atoms with Crippen molar-refractivity contribution in [3.8, 4) is 0 Å². The van der Waals surface area contributed by atoms with Crippen molar-refractivity contribution in [2.75, 3.05) is 21.3 Å². The summed E-state index contributed by atoms with van der Waals surface area (Å²) in [4.78, 5) is 0. The lowest BCUT2D eigenvalue weighted by Crippen LogP contribution is -2.33. The molecular formula is C10H12Cl2O3. The minimum Gasteiger partial charge on any atom is -0.327 e. The summed E-state index contributed by atoms with van der Waals surface area (Å²) in [6.07, 6.45) is 0. The van der Waals surface area contributed by atoms with Crippen LogP contribution in [-0.2, 0) is 20.2 Å². The Labute approximate surface area is 98.8 Å². The van der Waals surface area contributed by atoms with Gasteiger partial charge in [0.2, 0.25) is 0 Å². The normalized spacial score (nSPS) is 11.8. The largest absolute Gasteiger partial charge is 0.327 e. The average molecular weight is 251 g/mol. The second-order valence-electron chi connectivity index (χ2n) is 2.79. The maximum absolute atomic E-state index is 6.02. The highest BCUT2D eigenvalue weighted by molar-refractivity contribution is 6.33. The molecule has 5 heteroatoms. The Hall–Kier alpha value is -0.320. The lowest BCUT2D eigenvalue weighted by atomic mass is 10.2. The fourth-order valence-corrected chi connectivity index (χ4v) is 1.72. The quantitative estimate of drug-likeness (QED) is 0.770. The van der Waals surface area contributed by atoms with Gasteiger partial charge in [-0.15, -0.1) is 0 Å². The van der Waals surface area contributed by atoms with Crippen molar-refractivity contribution in [2.45, 2.75) is 5.97 Å². The monoisotopic (exact) mass is 250 g/mol. The molecule has 0 aromatic heterocycles. The molecule has 1 aromatic rings. The standard InChI is InChI=1S/C10H12Cl2O3/c1-13-10(14-2,15-3)8-6-7(11)4-5-9(8)12/h4-6H,1-3H3. The number of hydrogen-bond acceptors (Lipinski definition) is 3. The first-order valence-electron chi connectivity index (χ1n) is 4.20. The summed E-state index contributed by atoms with van der Waals surface area (Å²) in [6.45, 7) is 0. The molecule has 0 unspecified atom stereocenters. The number of methoxy groups -OCH3 is 3. The summed E-state index contributed by atoms with van der Waals surface area (Å²) in [7, 11) is 4.39. The zero-order chi connectivity index (χ0) is 11.5. The average Bonchev–Trinajstić information content (AvgIpc) is 2.26. The van der Waals surface area contributed by atoms with Crippen LogP contribution in [0.5, 0.6) is 0 Å². The fraction of sp³-hybridized carbons (Fsp3) is 0.400. The van der Waals surface area contributed by atoms with Gasteiger partial charge >= 0.3 is 5.97 Å². The molecule has 0 aliphatic carbocycles. The van der Waals surface area contributed by atoms with E-state index in [1.165, 1.54) is 21.3 Å². The molecule has 3 nitrogen and oxygen atoms in total. The van der Waals surface area contributed by atoms with E-state index in [4.69, 9.17) is 37.4 Å². The van der Waals surface area contributed by atoms with Crippen LogP contribution >= 0.6 is 23.2 Å². The van der Waals surface area contributed by atoms with E-state index in [0.717, 1.165) is 0 Å². The number of halogens is 2. The van der Waals surface area contributed by atoms with Crippen molar-refractivity contribution in [2.24, 2.45) is 0 Å². The third-order valence-electron chi connectivity index (χ3n) is 2.06. The van der Waals surface area contributed by atoms with Crippen LogP contribution in [0.2, 0.25) is 10.0 Å². The number of benzene rings is 1. The third-order valence-corrected chi connectivity index (χ3v) is 2.63. The smallest absolute Gasteiger partial charge is 0.312 e. The predicted octanol–water partition coefficient (Wildman–Crippen LogP) is 3.04. The van der Waals surface area contributed by atoms with Crippen molar-refractivity contribution in [1.82, 2.24) is 0 Å².